The number of nitrogens with two attached hydrogens (primary N) is 1. The van der Waals surface area contributed by atoms with Gasteiger partial charge in [0.2, 0.25) is 5.91 Å². The predicted octanol–water partition coefficient (Wildman–Crippen LogP) is 3.59. The maximum absolute atomic E-state index is 13.0. The van der Waals surface area contributed by atoms with Gasteiger partial charge < -0.3 is 10.6 Å². The highest BCUT2D eigenvalue weighted by molar-refractivity contribution is 5.87. The first-order valence-corrected chi connectivity index (χ1v) is 8.00. The largest absolute Gasteiger partial charge is 0.399 e. The molecule has 0 radical (unpaired) electrons. The number of rotatable bonds is 4. The van der Waals surface area contributed by atoms with Crippen molar-refractivity contribution in [2.45, 2.75) is 52.4 Å². The van der Waals surface area contributed by atoms with E-state index in [-0.39, 0.29) is 5.91 Å². The minimum Gasteiger partial charge on any atom is -0.399 e. The first-order valence-electron chi connectivity index (χ1n) is 8.00. The van der Waals surface area contributed by atoms with Crippen LogP contribution in [0.2, 0.25) is 0 Å². The Morgan fingerprint density at radius 1 is 1.24 bits per heavy atom. The smallest absolute Gasteiger partial charge is 0.232 e. The van der Waals surface area contributed by atoms with Crippen molar-refractivity contribution in [1.29, 1.82) is 0 Å². The van der Waals surface area contributed by atoms with Gasteiger partial charge in [-0.1, -0.05) is 26.0 Å². The second kappa shape index (κ2) is 5.70. The number of hydrogen-bond acceptors (Lipinski definition) is 2. The molecule has 1 aliphatic rings. The maximum Gasteiger partial charge on any atom is 0.232 e. The molecule has 1 amide bonds. The third kappa shape index (κ3) is 2.92. The van der Waals surface area contributed by atoms with Gasteiger partial charge in [-0.3, -0.25) is 4.79 Å². The number of amides is 1. The monoisotopic (exact) mass is 288 g/mol. The van der Waals surface area contributed by atoms with Crippen molar-refractivity contribution in [2.75, 3.05) is 18.8 Å². The van der Waals surface area contributed by atoms with Crippen LogP contribution in [0.3, 0.4) is 0 Å². The van der Waals surface area contributed by atoms with Crippen LogP contribution in [-0.2, 0) is 10.2 Å². The van der Waals surface area contributed by atoms with Crippen LogP contribution in [0.5, 0.6) is 0 Å². The lowest BCUT2D eigenvalue weighted by Gasteiger charge is -2.32. The van der Waals surface area contributed by atoms with E-state index in [1.54, 1.807) is 0 Å². The van der Waals surface area contributed by atoms with E-state index in [0.29, 0.717) is 5.41 Å². The highest BCUT2D eigenvalue weighted by atomic mass is 16.2. The van der Waals surface area contributed by atoms with Gasteiger partial charge in [0, 0.05) is 18.8 Å². The second-order valence-corrected chi connectivity index (χ2v) is 6.93. The predicted molar refractivity (Wildman–Crippen MR) is 88.1 cm³/mol. The third-order valence-electron chi connectivity index (χ3n) is 5.39. The van der Waals surface area contributed by atoms with Crippen LogP contribution in [0.15, 0.2) is 24.3 Å². The first-order chi connectivity index (χ1) is 9.84. The van der Waals surface area contributed by atoms with Crippen molar-refractivity contribution in [3.63, 3.8) is 0 Å². The summed E-state index contributed by atoms with van der Waals surface area (Å²) in [7, 11) is 0. The van der Waals surface area contributed by atoms with Crippen molar-refractivity contribution < 1.29 is 4.79 Å². The normalized spacial score (nSPS) is 18.0. The molecule has 0 spiro atoms. The molecule has 21 heavy (non-hydrogen) atoms. The molecule has 0 atom stereocenters. The molecule has 1 heterocycles. The van der Waals surface area contributed by atoms with Crippen molar-refractivity contribution in [3.05, 3.63) is 29.8 Å². The van der Waals surface area contributed by atoms with Gasteiger partial charge in [0.25, 0.3) is 0 Å². The summed E-state index contributed by atoms with van der Waals surface area (Å²) in [5.74, 6) is 0.232. The van der Waals surface area contributed by atoms with Gasteiger partial charge in [-0.15, -0.1) is 0 Å². The molecule has 1 saturated heterocycles. The molecule has 2 N–H and O–H groups in total. The number of anilines is 1. The Hall–Kier alpha value is -1.51. The van der Waals surface area contributed by atoms with E-state index in [2.05, 4.69) is 18.7 Å². The van der Waals surface area contributed by atoms with Crippen LogP contribution in [0.25, 0.3) is 0 Å². The van der Waals surface area contributed by atoms with Gasteiger partial charge in [0.05, 0.1) is 5.41 Å². The third-order valence-corrected chi connectivity index (χ3v) is 5.39. The minimum atomic E-state index is -0.495. The van der Waals surface area contributed by atoms with E-state index < -0.39 is 5.41 Å². The minimum absolute atomic E-state index is 0.232. The van der Waals surface area contributed by atoms with Crippen molar-refractivity contribution in [3.8, 4) is 0 Å². The van der Waals surface area contributed by atoms with E-state index in [0.717, 1.165) is 43.6 Å². The standard InChI is InChI=1S/C18H28N2O/c1-5-18(6-2)11-12-20(13-18)16(21)17(3,4)14-7-9-15(19)10-8-14/h7-10H,5-6,11-13,19H2,1-4H3. The van der Waals surface area contributed by atoms with Crippen LogP contribution >= 0.6 is 0 Å². The fourth-order valence-corrected chi connectivity index (χ4v) is 3.35. The topological polar surface area (TPSA) is 46.3 Å². The second-order valence-electron chi connectivity index (χ2n) is 6.93. The van der Waals surface area contributed by atoms with Crippen LogP contribution in [-0.4, -0.2) is 23.9 Å². The number of benzene rings is 1. The van der Waals surface area contributed by atoms with E-state index in [1.807, 2.05) is 38.1 Å². The number of hydrogen-bond donors (Lipinski definition) is 1. The number of nitrogens with zero attached hydrogens (tertiary/aromatic N) is 1. The molecular formula is C18H28N2O. The summed E-state index contributed by atoms with van der Waals surface area (Å²) in [6, 6.07) is 7.68. The summed E-state index contributed by atoms with van der Waals surface area (Å²) in [6.45, 7) is 10.3. The zero-order valence-corrected chi connectivity index (χ0v) is 13.8. The highest BCUT2D eigenvalue weighted by Crippen LogP contribution is 2.39. The fraction of sp³-hybridized carbons (Fsp3) is 0.611. The molecular weight excluding hydrogens is 260 g/mol. The lowest BCUT2D eigenvalue weighted by Crippen LogP contribution is -2.43. The van der Waals surface area contributed by atoms with Crippen LogP contribution in [0, 0.1) is 5.41 Å². The molecule has 116 valence electrons. The molecule has 1 fully saturated rings. The molecule has 2 rings (SSSR count). The van der Waals surface area contributed by atoms with Gasteiger partial charge in [0.1, 0.15) is 0 Å². The van der Waals surface area contributed by atoms with Crippen molar-refractivity contribution in [1.82, 2.24) is 4.90 Å². The molecule has 3 nitrogen and oxygen atoms in total. The highest BCUT2D eigenvalue weighted by Gasteiger charge is 2.41. The quantitative estimate of drug-likeness (QED) is 0.861. The Kier molecular flexibility index (Phi) is 4.31. The molecule has 0 saturated carbocycles. The average molecular weight is 288 g/mol. The Labute approximate surface area is 128 Å². The summed E-state index contributed by atoms with van der Waals surface area (Å²) in [5, 5.41) is 0. The molecule has 0 bridgehead atoms. The van der Waals surface area contributed by atoms with E-state index >= 15 is 0 Å². The van der Waals surface area contributed by atoms with Gasteiger partial charge in [-0.25, -0.2) is 0 Å². The summed E-state index contributed by atoms with van der Waals surface area (Å²) >= 11 is 0. The summed E-state index contributed by atoms with van der Waals surface area (Å²) < 4.78 is 0. The molecule has 0 aliphatic carbocycles. The summed E-state index contributed by atoms with van der Waals surface area (Å²) in [6.07, 6.45) is 3.43. The Bertz CT molecular complexity index is 500. The summed E-state index contributed by atoms with van der Waals surface area (Å²) in [5.41, 5.74) is 7.35. The van der Waals surface area contributed by atoms with E-state index in [4.69, 9.17) is 5.73 Å². The Morgan fingerprint density at radius 2 is 1.81 bits per heavy atom. The van der Waals surface area contributed by atoms with Crippen LogP contribution in [0.1, 0.15) is 52.5 Å². The fourth-order valence-electron chi connectivity index (χ4n) is 3.35. The zero-order chi connectivity index (χ0) is 15.7. The lowest BCUT2D eigenvalue weighted by molar-refractivity contribution is -0.135. The van der Waals surface area contributed by atoms with Crippen LogP contribution in [0.4, 0.5) is 5.69 Å². The number of nitrogen functional groups attached to an aromatic ring is 1. The van der Waals surface area contributed by atoms with Crippen LogP contribution < -0.4 is 5.73 Å². The molecule has 3 heteroatoms. The Balaban J connectivity index is 2.18. The molecule has 1 aromatic rings. The molecule has 0 unspecified atom stereocenters. The molecule has 1 aliphatic heterocycles. The SMILES string of the molecule is CCC1(CC)CCN(C(=O)C(C)(C)c2ccc(N)cc2)C1. The number of carbonyl (C=O) groups excluding carboxylic acids is 1. The van der Waals surface area contributed by atoms with E-state index in [9.17, 15) is 4.79 Å². The van der Waals surface area contributed by atoms with Gasteiger partial charge >= 0.3 is 0 Å². The lowest BCUT2D eigenvalue weighted by atomic mass is 9.81. The number of likely N-dealkylation sites (tertiary alicyclic amines) is 1. The average Bonchev–Trinajstić information content (AvgIpc) is 2.92. The molecule has 0 aromatic heterocycles. The number of carbonyl (C=O) groups is 1. The maximum atomic E-state index is 13.0. The van der Waals surface area contributed by atoms with E-state index in [1.165, 1.54) is 0 Å². The van der Waals surface area contributed by atoms with Gasteiger partial charge in [-0.05, 0) is 56.2 Å². The first kappa shape index (κ1) is 15.9. The molecule has 1 aromatic carbocycles. The summed E-state index contributed by atoms with van der Waals surface area (Å²) in [4.78, 5) is 15.0. The Morgan fingerprint density at radius 3 is 2.29 bits per heavy atom. The zero-order valence-electron chi connectivity index (χ0n) is 13.8. The van der Waals surface area contributed by atoms with Gasteiger partial charge in [0.15, 0.2) is 0 Å². The van der Waals surface area contributed by atoms with Gasteiger partial charge in [-0.2, -0.15) is 0 Å². The van der Waals surface area contributed by atoms with Crippen molar-refractivity contribution in [2.24, 2.45) is 5.41 Å². The van der Waals surface area contributed by atoms with Crippen molar-refractivity contribution >= 4 is 11.6 Å².